The van der Waals surface area contributed by atoms with Gasteiger partial charge in [0, 0.05) is 37.2 Å². The maximum atomic E-state index is 12.5. The summed E-state index contributed by atoms with van der Waals surface area (Å²) in [6, 6.07) is 3.77. The summed E-state index contributed by atoms with van der Waals surface area (Å²) in [6.07, 6.45) is 2.05. The van der Waals surface area contributed by atoms with Crippen molar-refractivity contribution in [2.45, 2.75) is 32.3 Å². The van der Waals surface area contributed by atoms with Crippen molar-refractivity contribution >= 4 is 5.82 Å². The Kier molecular flexibility index (Phi) is 4.85. The van der Waals surface area contributed by atoms with Crippen LogP contribution in [0.5, 0.6) is 0 Å². The lowest BCUT2D eigenvalue weighted by Gasteiger charge is -2.33. The van der Waals surface area contributed by atoms with Crippen LogP contribution in [0.3, 0.4) is 0 Å². The Morgan fingerprint density at radius 3 is 3.04 bits per heavy atom. The highest BCUT2D eigenvalue weighted by Crippen LogP contribution is 2.24. The van der Waals surface area contributed by atoms with Gasteiger partial charge in [0.15, 0.2) is 5.82 Å². The summed E-state index contributed by atoms with van der Waals surface area (Å²) in [5.41, 5.74) is 0.836. The van der Waals surface area contributed by atoms with E-state index in [0.717, 1.165) is 17.9 Å². The average Bonchev–Trinajstić information content (AvgIpc) is 3.06. The minimum Gasteiger partial charge on any atom is -0.374 e. The van der Waals surface area contributed by atoms with E-state index in [1.165, 1.54) is 0 Å². The third kappa shape index (κ3) is 3.67. The lowest BCUT2D eigenvalue weighted by Crippen LogP contribution is -2.43. The molecule has 7 heteroatoms. The zero-order valence-electron chi connectivity index (χ0n) is 13.4. The molecule has 23 heavy (non-hydrogen) atoms. The first kappa shape index (κ1) is 15.9. The molecule has 1 saturated heterocycles. The van der Waals surface area contributed by atoms with Crippen LogP contribution in [0.15, 0.2) is 22.9 Å². The average molecular weight is 320 g/mol. The van der Waals surface area contributed by atoms with Gasteiger partial charge in [-0.2, -0.15) is 4.98 Å². The van der Waals surface area contributed by atoms with E-state index in [2.05, 4.69) is 20.0 Å². The fraction of sp³-hybridized carbons (Fsp3) is 0.562. The maximum Gasteiger partial charge on any atom is 0.258 e. The van der Waals surface area contributed by atoms with Gasteiger partial charge < -0.3 is 14.2 Å². The van der Waals surface area contributed by atoms with E-state index >= 15 is 0 Å². The molecule has 1 unspecified atom stereocenters. The molecule has 1 atom stereocenters. The number of pyridine rings is 1. The summed E-state index contributed by atoms with van der Waals surface area (Å²) >= 11 is 0. The summed E-state index contributed by atoms with van der Waals surface area (Å²) in [7, 11) is 0. The van der Waals surface area contributed by atoms with E-state index in [-0.39, 0.29) is 18.7 Å². The Morgan fingerprint density at radius 2 is 2.30 bits per heavy atom. The topological polar surface area (TPSA) is 64.3 Å². The van der Waals surface area contributed by atoms with Crippen molar-refractivity contribution in [3.63, 3.8) is 0 Å². The van der Waals surface area contributed by atoms with Crippen LogP contribution in [0.4, 0.5) is 10.2 Å². The molecule has 6 nitrogen and oxygen atoms in total. The Hall–Kier alpha value is -2.02. The second-order valence-corrected chi connectivity index (χ2v) is 5.93. The molecule has 0 spiro atoms. The van der Waals surface area contributed by atoms with Crippen LogP contribution in [0.25, 0.3) is 11.5 Å². The number of hydrogen-bond acceptors (Lipinski definition) is 6. The summed E-state index contributed by atoms with van der Waals surface area (Å²) in [5.74, 6) is 2.21. The number of hydrogen-bond donors (Lipinski definition) is 0. The third-order valence-electron chi connectivity index (χ3n) is 3.84. The van der Waals surface area contributed by atoms with Crippen molar-refractivity contribution in [1.82, 2.24) is 15.1 Å². The first-order valence-corrected chi connectivity index (χ1v) is 7.90. The number of anilines is 1. The third-order valence-corrected chi connectivity index (χ3v) is 3.84. The first-order valence-electron chi connectivity index (χ1n) is 7.90. The van der Waals surface area contributed by atoms with Crippen LogP contribution in [-0.4, -0.2) is 47.6 Å². The molecular weight excluding hydrogens is 299 g/mol. The van der Waals surface area contributed by atoms with Gasteiger partial charge in [-0.05, 0) is 12.1 Å². The van der Waals surface area contributed by atoms with Crippen LogP contribution in [0.2, 0.25) is 0 Å². The van der Waals surface area contributed by atoms with Crippen molar-refractivity contribution in [2.24, 2.45) is 0 Å². The highest BCUT2D eigenvalue weighted by Gasteiger charge is 2.22. The largest absolute Gasteiger partial charge is 0.374 e. The van der Waals surface area contributed by atoms with Gasteiger partial charge in [-0.3, -0.25) is 4.39 Å². The standard InChI is InChI=1S/C16H21FN4O2/c1-11(2)15-19-16(23-20-15)12-4-6-18-14(9-12)21-7-8-22-13(10-21)3-5-17/h4,6,9,11,13H,3,5,7-8,10H2,1-2H3. The summed E-state index contributed by atoms with van der Waals surface area (Å²) in [6.45, 7) is 5.62. The monoisotopic (exact) mass is 320 g/mol. The molecule has 0 radical (unpaired) electrons. The van der Waals surface area contributed by atoms with Crippen LogP contribution in [0, 0.1) is 0 Å². The van der Waals surface area contributed by atoms with Gasteiger partial charge in [0.25, 0.3) is 5.89 Å². The minimum atomic E-state index is -0.369. The van der Waals surface area contributed by atoms with E-state index in [9.17, 15) is 4.39 Å². The lowest BCUT2D eigenvalue weighted by atomic mass is 10.2. The van der Waals surface area contributed by atoms with Crippen LogP contribution in [-0.2, 0) is 4.74 Å². The number of rotatable bonds is 5. The van der Waals surface area contributed by atoms with Crippen molar-refractivity contribution in [3.8, 4) is 11.5 Å². The van der Waals surface area contributed by atoms with Gasteiger partial charge in [0.2, 0.25) is 0 Å². The molecule has 2 aromatic rings. The minimum absolute atomic E-state index is 0.0878. The van der Waals surface area contributed by atoms with E-state index in [1.54, 1.807) is 6.20 Å². The maximum absolute atomic E-state index is 12.5. The van der Waals surface area contributed by atoms with E-state index in [4.69, 9.17) is 9.26 Å². The van der Waals surface area contributed by atoms with Crippen LogP contribution >= 0.6 is 0 Å². The second-order valence-electron chi connectivity index (χ2n) is 5.93. The smallest absolute Gasteiger partial charge is 0.258 e. The Labute approximate surface area is 134 Å². The molecule has 1 aliphatic rings. The Bertz CT molecular complexity index is 645. The summed E-state index contributed by atoms with van der Waals surface area (Å²) < 4.78 is 23.4. The van der Waals surface area contributed by atoms with E-state index in [0.29, 0.717) is 31.3 Å². The van der Waals surface area contributed by atoms with Crippen molar-refractivity contribution in [3.05, 3.63) is 24.2 Å². The van der Waals surface area contributed by atoms with Crippen LogP contribution in [0.1, 0.15) is 32.0 Å². The molecule has 0 bridgehead atoms. The van der Waals surface area contributed by atoms with Gasteiger partial charge in [-0.25, -0.2) is 4.98 Å². The van der Waals surface area contributed by atoms with Crippen molar-refractivity contribution < 1.29 is 13.7 Å². The lowest BCUT2D eigenvalue weighted by molar-refractivity contribution is 0.0310. The van der Waals surface area contributed by atoms with E-state index in [1.807, 2.05) is 26.0 Å². The van der Waals surface area contributed by atoms with Gasteiger partial charge in [0.1, 0.15) is 5.82 Å². The normalized spacial score (nSPS) is 18.6. The summed E-state index contributed by atoms with van der Waals surface area (Å²) in [4.78, 5) is 10.9. The van der Waals surface area contributed by atoms with Crippen LogP contribution < -0.4 is 4.90 Å². The zero-order valence-corrected chi connectivity index (χ0v) is 13.4. The molecule has 0 amide bonds. The first-order chi connectivity index (χ1) is 11.2. The highest BCUT2D eigenvalue weighted by atomic mass is 19.1. The molecule has 0 aliphatic carbocycles. The molecule has 0 aromatic carbocycles. The fourth-order valence-electron chi connectivity index (χ4n) is 2.53. The number of alkyl halides is 1. The molecule has 0 N–H and O–H groups in total. The SMILES string of the molecule is CC(C)c1noc(-c2ccnc(N3CCOC(CCF)C3)c2)n1. The van der Waals surface area contributed by atoms with Crippen molar-refractivity contribution in [1.29, 1.82) is 0 Å². The van der Waals surface area contributed by atoms with Crippen molar-refractivity contribution in [2.75, 3.05) is 31.3 Å². The zero-order chi connectivity index (χ0) is 16.2. The highest BCUT2D eigenvalue weighted by molar-refractivity contribution is 5.58. The predicted molar refractivity (Wildman–Crippen MR) is 84.2 cm³/mol. The molecule has 1 aliphatic heterocycles. The van der Waals surface area contributed by atoms with E-state index < -0.39 is 0 Å². The molecular formula is C16H21FN4O2. The van der Waals surface area contributed by atoms with Gasteiger partial charge in [0.05, 0.1) is 19.4 Å². The Morgan fingerprint density at radius 1 is 1.43 bits per heavy atom. The molecule has 124 valence electrons. The molecule has 3 heterocycles. The second kappa shape index (κ2) is 7.04. The number of halogens is 1. The number of nitrogens with zero attached hydrogens (tertiary/aromatic N) is 4. The number of morpholine rings is 1. The summed E-state index contributed by atoms with van der Waals surface area (Å²) in [5, 5.41) is 3.99. The van der Waals surface area contributed by atoms with Gasteiger partial charge in [-0.1, -0.05) is 19.0 Å². The quantitative estimate of drug-likeness (QED) is 0.844. The number of ether oxygens (including phenoxy) is 1. The molecule has 3 rings (SSSR count). The molecule has 2 aromatic heterocycles. The Balaban J connectivity index is 1.79. The van der Waals surface area contributed by atoms with Gasteiger partial charge in [-0.15, -0.1) is 0 Å². The predicted octanol–water partition coefficient (Wildman–Crippen LogP) is 2.82. The number of aromatic nitrogens is 3. The molecule has 1 fully saturated rings. The fourth-order valence-corrected chi connectivity index (χ4v) is 2.53. The van der Waals surface area contributed by atoms with Gasteiger partial charge >= 0.3 is 0 Å². The molecule has 0 saturated carbocycles.